The van der Waals surface area contributed by atoms with E-state index in [0.717, 1.165) is 132 Å². The molecule has 3 atom stereocenters. The second-order valence-corrected chi connectivity index (χ2v) is 38.9. The summed E-state index contributed by atoms with van der Waals surface area (Å²) in [5.74, 6) is -5.56. The average Bonchev–Trinajstić information content (AvgIpc) is 1.54. The largest absolute Gasteiger partial charge is 0.351 e. The highest BCUT2D eigenvalue weighted by atomic mass is 79.9. The molecule has 23 rings (SSSR count). The van der Waals surface area contributed by atoms with Crippen molar-refractivity contribution in [1.82, 2.24) is 0 Å². The zero-order chi connectivity index (χ0) is 103. The van der Waals surface area contributed by atoms with Crippen molar-refractivity contribution in [3.05, 3.63) is 612 Å². The van der Waals surface area contributed by atoms with Crippen molar-refractivity contribution in [2.24, 2.45) is 0 Å². The molecule has 0 spiro atoms. The van der Waals surface area contributed by atoms with Crippen molar-refractivity contribution in [3.8, 4) is 55.6 Å². The molecule has 4 nitrogen and oxygen atoms in total. The van der Waals surface area contributed by atoms with Gasteiger partial charge < -0.3 is 20.4 Å². The van der Waals surface area contributed by atoms with Gasteiger partial charge in [-0.2, -0.15) is 0 Å². The van der Waals surface area contributed by atoms with Gasteiger partial charge in [0.05, 0.1) is 16.2 Å². The molecule has 0 saturated carbocycles. The van der Waals surface area contributed by atoms with E-state index in [9.17, 15) is 17.6 Å². The number of aryl methyl sites for hydroxylation is 6. The summed E-state index contributed by atoms with van der Waals surface area (Å²) in [5.41, 5.74) is 34.6. The molecule has 0 amide bonds. The molecule has 2 N–H and O–H groups in total. The second kappa shape index (κ2) is 40.0. The number of hydrogen-bond acceptors (Lipinski definition) is 4. The molecule has 722 valence electrons. The Bertz CT molecular complexity index is 8100. The Balaban J connectivity index is 0.000000172. The summed E-state index contributed by atoms with van der Waals surface area (Å²) < 4.78 is 123. The van der Waals surface area contributed by atoms with Gasteiger partial charge in [-0.15, -0.1) is 0 Å². The van der Waals surface area contributed by atoms with E-state index in [-0.39, 0.29) is 28.2 Å². The van der Waals surface area contributed by atoms with Crippen LogP contribution in [-0.4, -0.2) is 0 Å². The van der Waals surface area contributed by atoms with Crippen LogP contribution in [0.15, 0.2) is 449 Å². The molecular weight excluding hydrogens is 1910 g/mol. The van der Waals surface area contributed by atoms with E-state index in [1.54, 1.807) is 58.3 Å². The van der Waals surface area contributed by atoms with E-state index < -0.39 is 57.4 Å². The van der Waals surface area contributed by atoms with Crippen LogP contribution in [0.3, 0.4) is 0 Å². The monoisotopic (exact) mass is 2010 g/mol. The number of rotatable bonds is 21. The van der Waals surface area contributed by atoms with Gasteiger partial charge >= 0.3 is 0 Å². The number of hydrogen-bond donors (Lipinski definition) is 2. The van der Waals surface area contributed by atoms with Crippen LogP contribution in [0.4, 0.5) is 92.0 Å². The van der Waals surface area contributed by atoms with Crippen molar-refractivity contribution in [2.75, 3.05) is 20.4 Å². The maximum absolute atomic E-state index is 16.6. The predicted molar refractivity (Wildman–Crippen MR) is 597 cm³/mol. The normalized spacial score (nSPS) is 14.6. The SMILES string of the molecule is C=Cc1ccc(C2(c3cc(C)ccc3C)c3ccccc3-c3ccc(Br)cc32)cc1.C=Cc1ccc(C2(c3cc(C)ccc3C)c3ccccc3-c3ccc(N(c4ccc(-c5ccc(N(c6ccc7c(c6)C(c6ccc(C=C)cc6)(c6cc(C)ccc6C)c6ccccc6-7)c6c(F)cccc6F)cc5)cc4)c4c(F)cccc4F)cc32)cc1.Fc1cccc(F)c1Nc1ccc(-c2ccc(Nc3c(F)cccc3F)cc2)cc1. The molecule has 3 aliphatic carbocycles. The number of anilines is 10. The van der Waals surface area contributed by atoms with Crippen LogP contribution in [0.1, 0.15) is 117 Å². The van der Waals surface area contributed by atoms with E-state index in [1.807, 2.05) is 78.9 Å². The third-order valence-corrected chi connectivity index (χ3v) is 29.7. The Labute approximate surface area is 866 Å². The Morgan fingerprint density at radius 1 is 0.230 bits per heavy atom. The first-order valence-electron chi connectivity index (χ1n) is 49.0. The first kappa shape index (κ1) is 96.8. The number of nitrogens with zero attached hydrogens (tertiary/aromatic N) is 2. The quantitative estimate of drug-likeness (QED) is 0.0702. The topological polar surface area (TPSA) is 30.5 Å². The maximum atomic E-state index is 16.6. The molecule has 0 aromatic heterocycles. The summed E-state index contributed by atoms with van der Waals surface area (Å²) in [5, 5.41) is 5.47. The average molecular weight is 2010 g/mol. The number of halogens is 9. The van der Waals surface area contributed by atoms with Crippen LogP contribution >= 0.6 is 15.9 Å². The highest BCUT2D eigenvalue weighted by Crippen LogP contribution is 2.63. The molecule has 0 aliphatic heterocycles. The molecule has 0 radical (unpaired) electrons. The molecule has 3 aliphatic rings. The molecule has 20 aromatic carbocycles. The van der Waals surface area contributed by atoms with Crippen molar-refractivity contribution >= 4 is 91.0 Å². The van der Waals surface area contributed by atoms with Gasteiger partial charge in [0.25, 0.3) is 0 Å². The first-order valence-corrected chi connectivity index (χ1v) is 49.8. The van der Waals surface area contributed by atoms with Crippen molar-refractivity contribution in [2.45, 2.75) is 57.8 Å². The Morgan fingerprint density at radius 3 is 0.784 bits per heavy atom. The fourth-order valence-electron chi connectivity index (χ4n) is 22.2. The molecule has 0 fully saturated rings. The first-order chi connectivity index (χ1) is 71.9. The van der Waals surface area contributed by atoms with Crippen molar-refractivity contribution < 1.29 is 35.1 Å². The van der Waals surface area contributed by atoms with E-state index in [1.165, 1.54) is 117 Å². The fraction of sp³-hybridized carbons (Fsp3) is 0.0667. The van der Waals surface area contributed by atoms with Crippen LogP contribution in [-0.2, 0) is 16.2 Å². The van der Waals surface area contributed by atoms with Gasteiger partial charge in [0.1, 0.15) is 69.3 Å². The lowest BCUT2D eigenvalue weighted by Gasteiger charge is -2.36. The minimum atomic E-state index is -0.809. The van der Waals surface area contributed by atoms with Gasteiger partial charge in [-0.25, -0.2) is 35.1 Å². The molecule has 0 saturated heterocycles. The third kappa shape index (κ3) is 17.2. The molecule has 3 unspecified atom stereocenters. The number of nitrogens with one attached hydrogen (secondary N) is 2. The molecule has 0 heterocycles. The summed E-state index contributed by atoms with van der Waals surface area (Å²) in [6.45, 7) is 24.9. The number of benzene rings is 20. The van der Waals surface area contributed by atoms with Crippen LogP contribution < -0.4 is 20.4 Å². The van der Waals surface area contributed by atoms with Crippen LogP contribution in [0, 0.1) is 88.1 Å². The minimum Gasteiger partial charge on any atom is -0.351 e. The van der Waals surface area contributed by atoms with Gasteiger partial charge in [0.15, 0.2) is 0 Å². The standard InChI is InChI=1S/C82H60F4N2.C29H23Br.C24H16F4N2/c1-7-55-27-35-59(36-28-55)81(71-47-51(3)23-25-53(71)5)69-17-11-9-15-65(69)67-45-43-63(49-73(67)81)87(79-75(83)19-13-20-76(79)84)61-39-31-57(32-40-61)58-33-41-62(42-34-58)88(80-77(85)21-14-22-78(80)86)64-44-46-68-66-16-10-12-18-70(66)82(74(68)50-64,60-37-29-56(8-2)30-38-60)72-48-52(4)24-26-54(72)6;1-4-21-11-13-22(14-12-21)29(27-17-19(2)9-10-20(27)3)26-8-6-5-7-24(26)25-16-15-23(30)18-28(25)29;25-19-3-1-4-20(26)23(19)29-17-11-7-15(8-12-17)16-9-13-18(14-10-16)30-24-21(27)5-2-6-22(24)28/h7-50H,1-2H2,3-6H3;4-18H,1H2,2-3H3;1-14,29-30H. The van der Waals surface area contributed by atoms with Crippen LogP contribution in [0.25, 0.3) is 73.9 Å². The number of fused-ring (bicyclic) bond motifs is 9. The zero-order valence-corrected chi connectivity index (χ0v) is 83.6. The smallest absolute Gasteiger partial charge is 0.150 e. The summed E-state index contributed by atoms with van der Waals surface area (Å²) >= 11 is 3.75. The lowest BCUT2D eigenvalue weighted by Crippen LogP contribution is -2.30. The molecule has 0 bridgehead atoms. The molecule has 20 aromatic rings. The number of para-hydroxylation sites is 4. The van der Waals surface area contributed by atoms with Gasteiger partial charge in [-0.3, -0.25) is 0 Å². The molecular formula is C135H99BrF8N4. The van der Waals surface area contributed by atoms with Gasteiger partial charge in [0.2, 0.25) is 0 Å². The Morgan fingerprint density at radius 2 is 0.486 bits per heavy atom. The third-order valence-electron chi connectivity index (χ3n) is 29.2. The van der Waals surface area contributed by atoms with E-state index in [2.05, 4.69) is 330 Å². The van der Waals surface area contributed by atoms with Crippen LogP contribution in [0.5, 0.6) is 0 Å². The molecule has 13 heteroatoms. The minimum absolute atomic E-state index is 0.207. The summed E-state index contributed by atoms with van der Waals surface area (Å²) in [7, 11) is 0. The highest BCUT2D eigenvalue weighted by Gasteiger charge is 2.51. The Kier molecular flexibility index (Phi) is 26.2. The van der Waals surface area contributed by atoms with E-state index >= 15 is 17.6 Å². The van der Waals surface area contributed by atoms with Gasteiger partial charge in [-0.1, -0.05) is 362 Å². The summed E-state index contributed by atoms with van der Waals surface area (Å²) in [6, 6.07) is 135. The van der Waals surface area contributed by atoms with E-state index in [0.29, 0.717) is 34.1 Å². The highest BCUT2D eigenvalue weighted by molar-refractivity contribution is 9.10. The summed E-state index contributed by atoms with van der Waals surface area (Å²) in [6.07, 6.45) is 5.58. The maximum Gasteiger partial charge on any atom is 0.150 e. The lowest BCUT2D eigenvalue weighted by molar-refractivity contribution is 0.585. The molecule has 148 heavy (non-hydrogen) atoms. The zero-order valence-electron chi connectivity index (χ0n) is 82.1. The van der Waals surface area contributed by atoms with Gasteiger partial charge in [0, 0.05) is 38.6 Å². The second-order valence-electron chi connectivity index (χ2n) is 38.0. The summed E-state index contributed by atoms with van der Waals surface area (Å²) in [4.78, 5) is 3.33. The van der Waals surface area contributed by atoms with E-state index in [4.69, 9.17) is 0 Å². The predicted octanol–water partition coefficient (Wildman–Crippen LogP) is 37.6. The lowest BCUT2D eigenvalue weighted by atomic mass is 9.66. The van der Waals surface area contributed by atoms with Gasteiger partial charge in [-0.05, 0) is 331 Å². The van der Waals surface area contributed by atoms with Crippen molar-refractivity contribution in [3.63, 3.8) is 0 Å². The van der Waals surface area contributed by atoms with Crippen LogP contribution in [0.2, 0.25) is 0 Å². The van der Waals surface area contributed by atoms with Crippen molar-refractivity contribution in [1.29, 1.82) is 0 Å². The Hall–Kier alpha value is -17.3. The fourth-order valence-corrected chi connectivity index (χ4v) is 22.6.